The fourth-order valence-electron chi connectivity index (χ4n) is 9.48. The Labute approximate surface area is 311 Å². The Kier molecular flexibility index (Phi) is 14.3. The molecule has 4 aliphatic heterocycles. The average Bonchev–Trinajstić information content (AvgIpc) is 3.41. The number of aliphatic hydroxyl groups is 4. The minimum absolute atomic E-state index is 0.0582. The van der Waals surface area contributed by atoms with E-state index >= 15 is 0 Å². The molecular weight excluding hydrogens is 674 g/mol. The Balaban J connectivity index is 1.84. The van der Waals surface area contributed by atoms with Gasteiger partial charge in [0.25, 0.3) is 0 Å². The zero-order valence-corrected chi connectivity index (χ0v) is 34.0. The molecule has 13 nitrogen and oxygen atoms in total. The number of cyclic esters (lactones) is 1. The van der Waals surface area contributed by atoms with Crippen LogP contribution in [0.25, 0.3) is 0 Å². The number of fused-ring (bicyclic) bond motifs is 2. The van der Waals surface area contributed by atoms with Gasteiger partial charge in [-0.25, -0.2) is 0 Å². The van der Waals surface area contributed by atoms with E-state index in [0.717, 1.165) is 6.54 Å². The number of carbonyl (C=O) groups excluding carboxylic acids is 1. The molecule has 0 aliphatic carbocycles. The van der Waals surface area contributed by atoms with Crippen molar-refractivity contribution in [3.63, 3.8) is 0 Å². The Bertz CT molecular complexity index is 1180. The van der Waals surface area contributed by atoms with Gasteiger partial charge in [0.15, 0.2) is 12.6 Å². The first-order valence-electron chi connectivity index (χ1n) is 19.7. The maximum Gasteiger partial charge on any atom is 0.311 e. The van der Waals surface area contributed by atoms with Crippen molar-refractivity contribution in [3.05, 3.63) is 0 Å². The van der Waals surface area contributed by atoms with E-state index in [9.17, 15) is 25.2 Å². The summed E-state index contributed by atoms with van der Waals surface area (Å²) in [5, 5.41) is 46.4. The van der Waals surface area contributed by atoms with Crippen molar-refractivity contribution >= 4 is 5.97 Å². The van der Waals surface area contributed by atoms with Crippen molar-refractivity contribution in [1.29, 1.82) is 0 Å². The summed E-state index contributed by atoms with van der Waals surface area (Å²) in [7, 11) is 3.51. The molecule has 4 saturated heterocycles. The SMILES string of the molecule is CCC[C@@H]1OC(=O)[C@H](C)[C@@H](OC2C[C@@](C)(OC)[C@@H](O)[C@H](C)O2)[C@H](C)[C@@H](O[C@@H]2O[C@H](C)C[C@H](N(C)CC)[C@H]2O)[C@@]2(C)CC(C)C(O2)[C@H](C)[C@@H](O)[C@]1(C)O. The molecule has 0 radical (unpaired) electrons. The highest BCUT2D eigenvalue weighted by atomic mass is 16.7. The summed E-state index contributed by atoms with van der Waals surface area (Å²) in [4.78, 5) is 16.4. The van der Waals surface area contributed by atoms with Gasteiger partial charge in [-0.3, -0.25) is 4.79 Å². The van der Waals surface area contributed by atoms with Crippen LogP contribution in [0.3, 0.4) is 0 Å². The Hall–Kier alpha value is -0.970. The van der Waals surface area contributed by atoms with Gasteiger partial charge in [-0.15, -0.1) is 0 Å². The second-order valence-corrected chi connectivity index (χ2v) is 17.2. The largest absolute Gasteiger partial charge is 0.459 e. The molecule has 4 heterocycles. The molecule has 4 fully saturated rings. The van der Waals surface area contributed by atoms with E-state index in [1.54, 1.807) is 20.8 Å². The van der Waals surface area contributed by atoms with E-state index < -0.39 is 102 Å². The summed E-state index contributed by atoms with van der Waals surface area (Å²) in [5.41, 5.74) is -3.77. The molecule has 0 saturated carbocycles. The Morgan fingerprint density at radius 3 is 2.17 bits per heavy atom. The molecule has 3 unspecified atom stereocenters. The van der Waals surface area contributed by atoms with Gasteiger partial charge in [-0.05, 0) is 80.3 Å². The maximum absolute atomic E-state index is 14.3. The monoisotopic (exact) mass is 745 g/mol. The van der Waals surface area contributed by atoms with Crippen molar-refractivity contribution in [2.45, 2.75) is 199 Å². The number of methoxy groups -OCH3 is 1. The normalized spacial score (nSPS) is 51.0. The second kappa shape index (κ2) is 17.0. The first-order valence-corrected chi connectivity index (χ1v) is 19.7. The smallest absolute Gasteiger partial charge is 0.311 e. The van der Waals surface area contributed by atoms with Gasteiger partial charge in [0, 0.05) is 31.4 Å². The molecule has 52 heavy (non-hydrogen) atoms. The first kappa shape index (κ1) is 43.8. The molecule has 0 aromatic heterocycles. The zero-order valence-electron chi connectivity index (χ0n) is 34.0. The van der Waals surface area contributed by atoms with Crippen LogP contribution in [-0.4, -0.2) is 142 Å². The third kappa shape index (κ3) is 8.70. The van der Waals surface area contributed by atoms with Gasteiger partial charge in [0.1, 0.15) is 23.9 Å². The van der Waals surface area contributed by atoms with Gasteiger partial charge < -0.3 is 58.5 Å². The average molecular weight is 746 g/mol. The Morgan fingerprint density at radius 2 is 1.58 bits per heavy atom. The number of hydrogen-bond donors (Lipinski definition) is 4. The molecule has 0 aromatic rings. The predicted molar refractivity (Wildman–Crippen MR) is 193 cm³/mol. The Morgan fingerprint density at radius 1 is 0.923 bits per heavy atom. The third-order valence-electron chi connectivity index (χ3n) is 13.0. The molecule has 304 valence electrons. The van der Waals surface area contributed by atoms with Gasteiger partial charge in [0.2, 0.25) is 0 Å². The molecule has 0 amide bonds. The number of likely N-dealkylation sites (N-methyl/N-ethyl adjacent to an activating group) is 1. The van der Waals surface area contributed by atoms with Crippen LogP contribution in [0.2, 0.25) is 0 Å². The van der Waals surface area contributed by atoms with Crippen molar-refractivity contribution in [3.8, 4) is 0 Å². The lowest BCUT2D eigenvalue weighted by atomic mass is 9.76. The minimum atomic E-state index is -1.78. The quantitative estimate of drug-likeness (QED) is 0.254. The standard InChI is InChI=1S/C39H71NO12/c1-14-16-27-39(11,45)32(42)22(5)30-20(3)18-38(10,52-30)34(51-36-29(41)26(40(12)15-2)17-21(4)47-36)23(6)31(24(7)35(44)49-27)50-28-19-37(9,46-13)33(43)25(8)48-28/h20-34,36,41-43,45H,14-19H2,1-13H3/t20?,21-,22+,23+,24-,25+,26+,27+,28?,29-,30?,31+,32-,33+,34-,36+,37-,38-,39-/m1/s1. The van der Waals surface area contributed by atoms with Crippen molar-refractivity contribution in [2.24, 2.45) is 23.7 Å². The lowest BCUT2D eigenvalue weighted by Gasteiger charge is -2.49. The van der Waals surface area contributed by atoms with Crippen molar-refractivity contribution < 1.29 is 58.4 Å². The number of esters is 1. The van der Waals surface area contributed by atoms with E-state index in [1.165, 1.54) is 14.0 Å². The van der Waals surface area contributed by atoms with Crippen LogP contribution in [0.15, 0.2) is 0 Å². The molecular formula is C39H71NO12. The van der Waals surface area contributed by atoms with Crippen LogP contribution in [-0.2, 0) is 38.0 Å². The summed E-state index contributed by atoms with van der Waals surface area (Å²) >= 11 is 0. The molecule has 19 atom stereocenters. The van der Waals surface area contributed by atoms with Crippen LogP contribution in [0.5, 0.6) is 0 Å². The van der Waals surface area contributed by atoms with Crippen LogP contribution in [0, 0.1) is 23.7 Å². The molecule has 4 rings (SSSR count). The highest BCUT2D eigenvalue weighted by Crippen LogP contribution is 2.48. The highest BCUT2D eigenvalue weighted by Gasteiger charge is 2.58. The zero-order chi connectivity index (χ0) is 39.1. The van der Waals surface area contributed by atoms with Crippen molar-refractivity contribution in [2.75, 3.05) is 20.7 Å². The molecule has 0 spiro atoms. The molecule has 13 heteroatoms. The number of hydrogen-bond acceptors (Lipinski definition) is 13. The molecule has 2 bridgehead atoms. The van der Waals surface area contributed by atoms with Gasteiger partial charge in [0.05, 0.1) is 53.7 Å². The summed E-state index contributed by atoms with van der Waals surface area (Å²) in [6.45, 7) is 21.3. The van der Waals surface area contributed by atoms with Crippen LogP contribution in [0.1, 0.15) is 108 Å². The van der Waals surface area contributed by atoms with Crippen LogP contribution < -0.4 is 0 Å². The highest BCUT2D eigenvalue weighted by molar-refractivity contribution is 5.73. The van der Waals surface area contributed by atoms with Gasteiger partial charge in [-0.2, -0.15) is 0 Å². The molecule has 0 aromatic carbocycles. The van der Waals surface area contributed by atoms with E-state index in [0.29, 0.717) is 25.7 Å². The molecule has 4 N–H and O–H groups in total. The van der Waals surface area contributed by atoms with Crippen LogP contribution >= 0.6 is 0 Å². The fourth-order valence-corrected chi connectivity index (χ4v) is 9.48. The lowest BCUT2D eigenvalue weighted by molar-refractivity contribution is -0.319. The van der Waals surface area contributed by atoms with E-state index in [2.05, 4.69) is 11.8 Å². The number of aliphatic hydroxyl groups excluding tert-OH is 3. The fraction of sp³-hybridized carbons (Fsp3) is 0.974. The van der Waals surface area contributed by atoms with Crippen LogP contribution in [0.4, 0.5) is 0 Å². The van der Waals surface area contributed by atoms with E-state index in [1.807, 2.05) is 48.6 Å². The second-order valence-electron chi connectivity index (χ2n) is 17.2. The number of rotatable bonds is 9. The minimum Gasteiger partial charge on any atom is -0.459 e. The summed E-state index contributed by atoms with van der Waals surface area (Å²) in [5.74, 6) is -2.71. The lowest BCUT2D eigenvalue weighted by Crippen LogP contribution is -2.60. The summed E-state index contributed by atoms with van der Waals surface area (Å²) in [6, 6.07) is -0.211. The summed E-state index contributed by atoms with van der Waals surface area (Å²) in [6.07, 6.45) is -6.81. The third-order valence-corrected chi connectivity index (χ3v) is 13.0. The van der Waals surface area contributed by atoms with Crippen molar-refractivity contribution in [1.82, 2.24) is 4.90 Å². The van der Waals surface area contributed by atoms with E-state index in [-0.39, 0.29) is 24.5 Å². The maximum atomic E-state index is 14.3. The van der Waals surface area contributed by atoms with Gasteiger partial charge >= 0.3 is 5.97 Å². The van der Waals surface area contributed by atoms with E-state index in [4.69, 9.17) is 33.2 Å². The number of carbonyl (C=O) groups is 1. The number of nitrogens with zero attached hydrogens (tertiary/aromatic N) is 1. The number of ether oxygens (including phenoxy) is 7. The topological polar surface area (TPSA) is 166 Å². The molecule has 4 aliphatic rings. The first-order chi connectivity index (χ1) is 24.1. The van der Waals surface area contributed by atoms with Gasteiger partial charge in [-0.1, -0.05) is 41.0 Å². The predicted octanol–water partition coefficient (Wildman–Crippen LogP) is 3.40. The summed E-state index contributed by atoms with van der Waals surface area (Å²) < 4.78 is 45.2.